The van der Waals surface area contributed by atoms with Crippen LogP contribution in [0.25, 0.3) is 66.1 Å². The third-order valence-corrected chi connectivity index (χ3v) is 12.7. The van der Waals surface area contributed by atoms with Crippen molar-refractivity contribution in [3.8, 4) is 33.4 Å². The van der Waals surface area contributed by atoms with Crippen LogP contribution in [0.15, 0.2) is 241 Å². The molecular weight excluding hydrogens is 739 g/mol. The van der Waals surface area contributed by atoms with Crippen molar-refractivity contribution >= 4 is 49.8 Å². The summed E-state index contributed by atoms with van der Waals surface area (Å²) in [6.45, 7) is 0. The van der Waals surface area contributed by atoms with Gasteiger partial charge in [0.1, 0.15) is 11.2 Å². The summed E-state index contributed by atoms with van der Waals surface area (Å²) in [5.41, 5.74) is 17.0. The van der Waals surface area contributed by atoms with Crippen LogP contribution < -0.4 is 4.90 Å². The fraction of sp³-hybridized carbons (Fsp3) is 0.0169. The molecule has 2 heteroatoms. The summed E-state index contributed by atoms with van der Waals surface area (Å²) < 4.78 is 6.81. The predicted octanol–water partition coefficient (Wildman–Crippen LogP) is 15.9. The molecule has 0 saturated carbocycles. The van der Waals surface area contributed by atoms with Crippen molar-refractivity contribution in [3.05, 3.63) is 259 Å². The number of anilines is 3. The molecule has 0 bridgehead atoms. The molecule has 286 valence electrons. The van der Waals surface area contributed by atoms with Crippen LogP contribution in [0, 0.1) is 0 Å². The molecule has 0 spiro atoms. The summed E-state index contributed by atoms with van der Waals surface area (Å²) >= 11 is 0. The summed E-state index contributed by atoms with van der Waals surface area (Å²) in [5.74, 6) is 0. The zero-order chi connectivity index (χ0) is 40.3. The lowest BCUT2D eigenvalue weighted by atomic mass is 9.67. The first-order valence-electron chi connectivity index (χ1n) is 21.0. The van der Waals surface area contributed by atoms with Gasteiger partial charge in [-0.3, -0.25) is 0 Å². The topological polar surface area (TPSA) is 16.4 Å². The maximum atomic E-state index is 6.81. The van der Waals surface area contributed by atoms with Crippen LogP contribution in [0.2, 0.25) is 0 Å². The first-order chi connectivity index (χ1) is 30.3. The first-order valence-corrected chi connectivity index (χ1v) is 21.0. The minimum atomic E-state index is -0.443. The van der Waals surface area contributed by atoms with Gasteiger partial charge in [0, 0.05) is 22.1 Å². The first kappa shape index (κ1) is 35.0. The Labute approximate surface area is 355 Å². The lowest BCUT2D eigenvalue weighted by Crippen LogP contribution is -2.28. The van der Waals surface area contributed by atoms with E-state index in [0.29, 0.717) is 0 Å². The van der Waals surface area contributed by atoms with E-state index < -0.39 is 5.41 Å². The molecule has 1 heterocycles. The van der Waals surface area contributed by atoms with Crippen LogP contribution in [0.4, 0.5) is 17.1 Å². The molecular formula is C59H39NO. The van der Waals surface area contributed by atoms with Crippen LogP contribution in [0.1, 0.15) is 22.3 Å². The van der Waals surface area contributed by atoms with E-state index in [1.165, 1.54) is 50.1 Å². The summed E-state index contributed by atoms with van der Waals surface area (Å²) in [5, 5.41) is 4.45. The van der Waals surface area contributed by atoms with Gasteiger partial charge < -0.3 is 9.32 Å². The molecule has 12 rings (SSSR count). The van der Waals surface area contributed by atoms with Gasteiger partial charge in [-0.2, -0.15) is 0 Å². The average molecular weight is 778 g/mol. The molecule has 10 aromatic carbocycles. The van der Waals surface area contributed by atoms with E-state index in [4.69, 9.17) is 4.42 Å². The molecule has 0 unspecified atom stereocenters. The van der Waals surface area contributed by atoms with Crippen molar-refractivity contribution in [1.82, 2.24) is 0 Å². The highest BCUT2D eigenvalue weighted by Gasteiger charge is 2.46. The van der Waals surface area contributed by atoms with Gasteiger partial charge in [-0.1, -0.05) is 188 Å². The van der Waals surface area contributed by atoms with E-state index >= 15 is 0 Å². The largest absolute Gasteiger partial charge is 0.455 e. The molecule has 2 nitrogen and oxygen atoms in total. The number of hydrogen-bond donors (Lipinski definition) is 0. The lowest BCUT2D eigenvalue weighted by molar-refractivity contribution is 0.672. The number of benzene rings is 10. The second-order valence-corrected chi connectivity index (χ2v) is 16.0. The summed E-state index contributed by atoms with van der Waals surface area (Å²) in [6, 6.07) is 85.8. The van der Waals surface area contributed by atoms with Crippen LogP contribution in [0.3, 0.4) is 0 Å². The number of rotatable bonds is 7. The number of nitrogens with zero attached hydrogens (tertiary/aromatic N) is 1. The number of furan rings is 1. The fourth-order valence-corrected chi connectivity index (χ4v) is 10.1. The Kier molecular flexibility index (Phi) is 8.11. The van der Waals surface area contributed by atoms with E-state index in [-0.39, 0.29) is 0 Å². The van der Waals surface area contributed by atoms with Gasteiger partial charge in [0.2, 0.25) is 0 Å². The van der Waals surface area contributed by atoms with Gasteiger partial charge in [0.25, 0.3) is 0 Å². The van der Waals surface area contributed by atoms with E-state index in [1.807, 2.05) is 0 Å². The molecule has 61 heavy (non-hydrogen) atoms. The molecule has 0 aliphatic heterocycles. The van der Waals surface area contributed by atoms with E-state index in [0.717, 1.165) is 55.3 Å². The van der Waals surface area contributed by atoms with Crippen molar-refractivity contribution in [2.24, 2.45) is 0 Å². The maximum Gasteiger partial charge on any atom is 0.143 e. The van der Waals surface area contributed by atoms with Crippen molar-refractivity contribution in [1.29, 1.82) is 0 Å². The predicted molar refractivity (Wildman–Crippen MR) is 254 cm³/mol. The number of hydrogen-bond acceptors (Lipinski definition) is 2. The lowest BCUT2D eigenvalue weighted by Gasteiger charge is -2.34. The molecule has 0 radical (unpaired) electrons. The minimum absolute atomic E-state index is 0.443. The summed E-state index contributed by atoms with van der Waals surface area (Å²) in [7, 11) is 0. The van der Waals surface area contributed by atoms with Crippen LogP contribution in [-0.4, -0.2) is 0 Å². The van der Waals surface area contributed by atoms with E-state index in [1.54, 1.807) is 0 Å². The number of para-hydroxylation sites is 2. The molecule has 0 fully saturated rings. The summed E-state index contributed by atoms with van der Waals surface area (Å²) in [6.07, 6.45) is 0. The molecule has 1 aromatic heterocycles. The second kappa shape index (κ2) is 14.1. The SMILES string of the molecule is c1ccc(N(c2ccccc2)c2cccc3oc4c5ccccc5c(-c5ccc(-c6ccc7c(c6)C(c6ccccc6)(c6ccccc6)c6ccccc6-7)cc5)cc4c23)cc1. The highest BCUT2D eigenvalue weighted by atomic mass is 16.3. The molecule has 0 N–H and O–H groups in total. The quantitative estimate of drug-likeness (QED) is 0.160. The Morgan fingerprint density at radius 2 is 0.885 bits per heavy atom. The monoisotopic (exact) mass is 777 g/mol. The maximum absolute atomic E-state index is 6.81. The number of fused-ring (bicyclic) bond motifs is 8. The van der Waals surface area contributed by atoms with Gasteiger partial charge in [-0.15, -0.1) is 0 Å². The molecule has 0 saturated heterocycles. The zero-order valence-electron chi connectivity index (χ0n) is 33.4. The van der Waals surface area contributed by atoms with Crippen molar-refractivity contribution < 1.29 is 4.42 Å². The third-order valence-electron chi connectivity index (χ3n) is 12.7. The molecule has 0 amide bonds. The summed E-state index contributed by atoms with van der Waals surface area (Å²) in [4.78, 5) is 2.33. The van der Waals surface area contributed by atoms with Crippen molar-refractivity contribution in [2.75, 3.05) is 4.90 Å². The highest BCUT2D eigenvalue weighted by molar-refractivity contribution is 6.22. The van der Waals surface area contributed by atoms with Gasteiger partial charge in [0.15, 0.2) is 0 Å². The third kappa shape index (κ3) is 5.43. The minimum Gasteiger partial charge on any atom is -0.455 e. The molecule has 1 aliphatic carbocycles. The Morgan fingerprint density at radius 3 is 1.56 bits per heavy atom. The standard InChI is InChI=1S/C59H39NO/c1-5-18-43(19-6-1)59(44-20-7-2-8-21-44)53-29-16-15-27-48(53)49-37-36-42(38-54(49)59)40-32-34-41(35-33-40)51-39-52-57-55(60(45-22-9-3-10-23-45)46-24-11-4-12-25-46)30-17-31-56(57)61-58(52)50-28-14-13-26-47(50)51/h1-39H. The molecule has 11 aromatic rings. The van der Waals surface area contributed by atoms with Gasteiger partial charge in [0.05, 0.1) is 16.5 Å². The fourth-order valence-electron chi connectivity index (χ4n) is 10.1. The van der Waals surface area contributed by atoms with Crippen LogP contribution >= 0.6 is 0 Å². The Morgan fingerprint density at radius 1 is 0.344 bits per heavy atom. The molecule has 1 aliphatic rings. The zero-order valence-corrected chi connectivity index (χ0v) is 33.4. The van der Waals surface area contributed by atoms with Crippen molar-refractivity contribution in [3.63, 3.8) is 0 Å². The van der Waals surface area contributed by atoms with Crippen LogP contribution in [-0.2, 0) is 5.41 Å². The van der Waals surface area contributed by atoms with E-state index in [9.17, 15) is 0 Å². The second-order valence-electron chi connectivity index (χ2n) is 16.0. The Bertz CT molecular complexity index is 3310. The normalized spacial score (nSPS) is 12.7. The smallest absolute Gasteiger partial charge is 0.143 e. The Balaban J connectivity index is 1.02. The average Bonchev–Trinajstić information content (AvgIpc) is 3.87. The Hall–Kier alpha value is -7.94. The van der Waals surface area contributed by atoms with Crippen molar-refractivity contribution in [2.45, 2.75) is 5.41 Å². The van der Waals surface area contributed by atoms with Gasteiger partial charge in [-0.05, 0) is 110 Å². The van der Waals surface area contributed by atoms with Crippen LogP contribution in [0.5, 0.6) is 0 Å². The molecule has 0 atom stereocenters. The van der Waals surface area contributed by atoms with Gasteiger partial charge >= 0.3 is 0 Å². The highest BCUT2D eigenvalue weighted by Crippen LogP contribution is 2.57. The van der Waals surface area contributed by atoms with Gasteiger partial charge in [-0.25, -0.2) is 0 Å². The van der Waals surface area contributed by atoms with E-state index in [2.05, 4.69) is 241 Å².